The lowest BCUT2D eigenvalue weighted by atomic mass is 9.81. The highest BCUT2D eigenvalue weighted by atomic mass is 35.5. The van der Waals surface area contributed by atoms with Crippen molar-refractivity contribution in [1.29, 1.82) is 0 Å². The average Bonchev–Trinajstić information content (AvgIpc) is 2.88. The van der Waals surface area contributed by atoms with Crippen LogP contribution < -0.4 is 0 Å². The first-order chi connectivity index (χ1) is 17.6. The number of halogens is 1. The smallest absolute Gasteiger partial charge is 0.337 e. The number of amides is 1. The van der Waals surface area contributed by atoms with Gasteiger partial charge in [0.15, 0.2) is 0 Å². The molecule has 37 heavy (non-hydrogen) atoms. The summed E-state index contributed by atoms with van der Waals surface area (Å²) in [6.45, 7) is 3.48. The fourth-order valence-corrected chi connectivity index (χ4v) is 6.12. The molecule has 2 atom stereocenters. The summed E-state index contributed by atoms with van der Waals surface area (Å²) in [7, 11) is -3.20. The maximum absolute atomic E-state index is 14.0. The molecule has 0 radical (unpaired) electrons. The second-order valence-corrected chi connectivity index (χ2v) is 10.7. The van der Waals surface area contributed by atoms with Crippen molar-refractivity contribution in [3.05, 3.63) is 99.6 Å². The van der Waals surface area contributed by atoms with Crippen molar-refractivity contribution in [2.24, 2.45) is 0 Å². The number of hydrogen-bond donors (Lipinski definition) is 0. The summed E-state index contributed by atoms with van der Waals surface area (Å²) >= 11 is 6.23. The lowest BCUT2D eigenvalue weighted by molar-refractivity contribution is -0.146. The highest BCUT2D eigenvalue weighted by Gasteiger charge is 2.50. The van der Waals surface area contributed by atoms with Gasteiger partial charge in [0, 0.05) is 10.6 Å². The van der Waals surface area contributed by atoms with Gasteiger partial charge in [-0.2, -0.15) is 0 Å². The zero-order chi connectivity index (χ0) is 26.9. The molecule has 0 bridgehead atoms. The zero-order valence-electron chi connectivity index (χ0n) is 20.3. The van der Waals surface area contributed by atoms with E-state index in [0.717, 1.165) is 9.87 Å². The normalized spacial score (nSPS) is 17.2. The summed E-state index contributed by atoms with van der Waals surface area (Å²) in [6.07, 6.45) is 0. The van der Waals surface area contributed by atoms with Gasteiger partial charge in [0.05, 0.1) is 30.2 Å². The Bertz CT molecular complexity index is 1470. The van der Waals surface area contributed by atoms with E-state index in [0.29, 0.717) is 5.56 Å². The van der Waals surface area contributed by atoms with Crippen molar-refractivity contribution in [1.82, 2.24) is 4.31 Å². The Balaban J connectivity index is 2.00. The van der Waals surface area contributed by atoms with Gasteiger partial charge in [0.1, 0.15) is 5.92 Å². The molecule has 0 aliphatic carbocycles. The summed E-state index contributed by atoms with van der Waals surface area (Å²) in [4.78, 5) is 39.1. The zero-order valence-corrected chi connectivity index (χ0v) is 21.9. The number of aryl methyl sites for hydroxylation is 1. The van der Waals surface area contributed by atoms with E-state index in [1.165, 1.54) is 61.7 Å². The molecule has 1 heterocycles. The lowest BCUT2D eigenvalue weighted by Gasteiger charge is -2.40. The molecule has 0 N–H and O–H groups in total. The molecule has 2 unspecified atom stereocenters. The third kappa shape index (κ3) is 4.84. The first-order valence-corrected chi connectivity index (χ1v) is 13.2. The Morgan fingerprint density at radius 2 is 1.65 bits per heavy atom. The summed E-state index contributed by atoms with van der Waals surface area (Å²) in [6, 6.07) is 15.0. The SMILES string of the molecule is CCOC(=O)C1c2cc(Cl)ccc2C(=O)N(S(=O)(=O)c2ccc(C)cc2)C1c1ccc(C(=O)OC)cc1. The van der Waals surface area contributed by atoms with Gasteiger partial charge >= 0.3 is 11.9 Å². The first-order valence-electron chi connectivity index (χ1n) is 11.4. The van der Waals surface area contributed by atoms with Crippen molar-refractivity contribution in [2.75, 3.05) is 13.7 Å². The third-order valence-corrected chi connectivity index (χ3v) is 8.15. The molecular formula is C27H24ClNO7S. The van der Waals surface area contributed by atoms with E-state index in [2.05, 4.69) is 0 Å². The van der Waals surface area contributed by atoms with Crippen LogP contribution in [0.5, 0.6) is 0 Å². The third-order valence-electron chi connectivity index (χ3n) is 6.14. The molecular weight excluding hydrogens is 518 g/mol. The molecule has 8 nitrogen and oxygen atoms in total. The van der Waals surface area contributed by atoms with E-state index in [1.54, 1.807) is 19.1 Å². The molecule has 0 saturated heterocycles. The van der Waals surface area contributed by atoms with Gasteiger partial charge in [-0.25, -0.2) is 17.5 Å². The molecule has 1 aliphatic heterocycles. The lowest BCUT2D eigenvalue weighted by Crippen LogP contribution is -2.48. The predicted molar refractivity (Wildman–Crippen MR) is 136 cm³/mol. The van der Waals surface area contributed by atoms with E-state index < -0.39 is 39.8 Å². The van der Waals surface area contributed by atoms with Crippen LogP contribution in [0.25, 0.3) is 0 Å². The molecule has 4 rings (SSSR count). The highest BCUT2D eigenvalue weighted by molar-refractivity contribution is 7.89. The second-order valence-electron chi connectivity index (χ2n) is 8.44. The number of sulfonamides is 1. The number of benzene rings is 3. The maximum atomic E-state index is 14.0. The minimum Gasteiger partial charge on any atom is -0.465 e. The first kappa shape index (κ1) is 26.4. The number of esters is 2. The Morgan fingerprint density at radius 3 is 2.24 bits per heavy atom. The van der Waals surface area contributed by atoms with Crippen molar-refractivity contribution in [3.63, 3.8) is 0 Å². The van der Waals surface area contributed by atoms with E-state index in [1.807, 2.05) is 6.92 Å². The van der Waals surface area contributed by atoms with Crippen molar-refractivity contribution >= 4 is 39.5 Å². The van der Waals surface area contributed by atoms with E-state index in [-0.39, 0.29) is 33.2 Å². The van der Waals surface area contributed by atoms with Gasteiger partial charge in [0.2, 0.25) is 0 Å². The molecule has 10 heteroatoms. The fraction of sp³-hybridized carbons (Fsp3) is 0.222. The van der Waals surface area contributed by atoms with Gasteiger partial charge in [-0.3, -0.25) is 9.59 Å². The minimum absolute atomic E-state index is 0.0283. The van der Waals surface area contributed by atoms with Crippen LogP contribution in [0.15, 0.2) is 71.6 Å². The van der Waals surface area contributed by atoms with Gasteiger partial charge in [0.25, 0.3) is 15.9 Å². The molecule has 3 aromatic rings. The summed E-state index contributed by atoms with van der Waals surface area (Å²) < 4.78 is 38.7. The highest BCUT2D eigenvalue weighted by Crippen LogP contribution is 2.46. The molecule has 0 saturated carbocycles. The number of fused-ring (bicyclic) bond motifs is 1. The number of nitrogens with zero attached hydrogens (tertiary/aromatic N) is 1. The van der Waals surface area contributed by atoms with Crippen LogP contribution in [0, 0.1) is 6.92 Å². The minimum atomic E-state index is -4.44. The monoisotopic (exact) mass is 541 g/mol. The maximum Gasteiger partial charge on any atom is 0.337 e. The van der Waals surface area contributed by atoms with Crippen LogP contribution in [0.2, 0.25) is 5.02 Å². The molecule has 192 valence electrons. The molecule has 0 aromatic heterocycles. The number of methoxy groups -OCH3 is 1. The quantitative estimate of drug-likeness (QED) is 0.417. The number of hydrogen-bond acceptors (Lipinski definition) is 7. The van der Waals surface area contributed by atoms with Crippen LogP contribution >= 0.6 is 11.6 Å². The summed E-state index contributed by atoms with van der Waals surface area (Å²) in [5.41, 5.74) is 1.65. The van der Waals surface area contributed by atoms with Crippen LogP contribution in [0.3, 0.4) is 0 Å². The topological polar surface area (TPSA) is 107 Å². The molecule has 1 aliphatic rings. The summed E-state index contributed by atoms with van der Waals surface area (Å²) in [5, 5.41) is 0.274. The second kappa shape index (κ2) is 10.4. The standard InChI is InChI=1S/C27H24ClNO7S/c1-4-36-27(32)23-22-15-19(28)11-14-21(22)25(30)29(37(33,34)20-12-5-16(2)6-13-20)24(23)17-7-9-18(10-8-17)26(31)35-3/h5-15,23-24H,4H2,1-3H3. The largest absolute Gasteiger partial charge is 0.465 e. The molecule has 1 amide bonds. The Hall–Kier alpha value is -3.69. The van der Waals surface area contributed by atoms with E-state index in [4.69, 9.17) is 21.1 Å². The van der Waals surface area contributed by atoms with Crippen LogP contribution in [-0.2, 0) is 24.3 Å². The van der Waals surface area contributed by atoms with Crippen LogP contribution in [0.4, 0.5) is 0 Å². The van der Waals surface area contributed by atoms with Gasteiger partial charge in [-0.15, -0.1) is 0 Å². The van der Waals surface area contributed by atoms with Gasteiger partial charge in [-0.1, -0.05) is 41.4 Å². The van der Waals surface area contributed by atoms with Crippen LogP contribution in [0.1, 0.15) is 56.3 Å². The number of rotatable bonds is 6. The Kier molecular flexibility index (Phi) is 7.38. The predicted octanol–water partition coefficient (Wildman–Crippen LogP) is 4.67. The molecule has 0 spiro atoms. The van der Waals surface area contributed by atoms with E-state index >= 15 is 0 Å². The van der Waals surface area contributed by atoms with E-state index in [9.17, 15) is 22.8 Å². The summed E-state index contributed by atoms with van der Waals surface area (Å²) in [5.74, 6) is -3.33. The molecule has 3 aromatic carbocycles. The number of carbonyl (C=O) groups is 3. The van der Waals surface area contributed by atoms with Crippen molar-refractivity contribution in [2.45, 2.75) is 30.7 Å². The van der Waals surface area contributed by atoms with Crippen molar-refractivity contribution in [3.8, 4) is 0 Å². The Morgan fingerprint density at radius 1 is 1.00 bits per heavy atom. The number of carbonyl (C=O) groups excluding carboxylic acids is 3. The van der Waals surface area contributed by atoms with Gasteiger partial charge in [-0.05, 0) is 67.4 Å². The van der Waals surface area contributed by atoms with Crippen LogP contribution in [-0.4, -0.2) is 44.3 Å². The fourth-order valence-electron chi connectivity index (χ4n) is 4.37. The van der Waals surface area contributed by atoms with Crippen molar-refractivity contribution < 1.29 is 32.3 Å². The molecule has 0 fully saturated rings. The number of ether oxygens (including phenoxy) is 2. The Labute approximate surface area is 219 Å². The van der Waals surface area contributed by atoms with Gasteiger partial charge < -0.3 is 9.47 Å². The average molecular weight is 542 g/mol.